The van der Waals surface area contributed by atoms with Crippen molar-refractivity contribution >= 4 is 28.9 Å². The minimum atomic E-state index is -0.516. The van der Waals surface area contributed by atoms with Crippen LogP contribution in [-0.4, -0.2) is 80.8 Å². The number of pyridine rings is 1. The summed E-state index contributed by atoms with van der Waals surface area (Å²) in [4.78, 5) is 30.9. The first-order chi connectivity index (χ1) is 27.9. The van der Waals surface area contributed by atoms with Crippen LogP contribution in [0.1, 0.15) is 126 Å². The van der Waals surface area contributed by atoms with Gasteiger partial charge in [-0.05, 0) is 121 Å². The highest BCUT2D eigenvalue weighted by atomic mass is 35.5. The first-order valence-electron chi connectivity index (χ1n) is 21.9. The van der Waals surface area contributed by atoms with E-state index in [1.54, 1.807) is 17.5 Å². The first kappa shape index (κ1) is 41.1. The predicted octanol–water partition coefficient (Wildman–Crippen LogP) is 8.50. The van der Waals surface area contributed by atoms with Crippen molar-refractivity contribution in [2.45, 2.75) is 116 Å². The molecular weight excluding hydrogens is 744 g/mol. The van der Waals surface area contributed by atoms with E-state index in [0.717, 1.165) is 53.2 Å². The van der Waals surface area contributed by atoms with Crippen molar-refractivity contribution in [2.75, 3.05) is 37.6 Å². The molecule has 3 heterocycles. The Bertz CT molecular complexity index is 2000. The van der Waals surface area contributed by atoms with Crippen molar-refractivity contribution in [3.63, 3.8) is 0 Å². The van der Waals surface area contributed by atoms with Gasteiger partial charge in [0.25, 0.3) is 0 Å². The van der Waals surface area contributed by atoms with Gasteiger partial charge < -0.3 is 25.3 Å². The van der Waals surface area contributed by atoms with E-state index in [1.807, 2.05) is 41.6 Å². The number of anilines is 1. The summed E-state index contributed by atoms with van der Waals surface area (Å²) in [6, 6.07) is 12.2. The molecule has 1 saturated heterocycles. The molecule has 2 saturated carbocycles. The second-order valence-corrected chi connectivity index (χ2v) is 19.3. The third-order valence-corrected chi connectivity index (χ3v) is 15.4. The van der Waals surface area contributed by atoms with Gasteiger partial charge in [-0.25, -0.2) is 9.97 Å². The Morgan fingerprint density at radius 3 is 2.45 bits per heavy atom. The zero-order valence-corrected chi connectivity index (χ0v) is 35.8. The van der Waals surface area contributed by atoms with Crippen molar-refractivity contribution in [1.82, 2.24) is 25.2 Å². The number of nitrogens with one attached hydrogen (secondary N) is 1. The third kappa shape index (κ3) is 7.77. The second-order valence-electron chi connectivity index (χ2n) is 18.8. The molecule has 9 rings (SSSR count). The van der Waals surface area contributed by atoms with Gasteiger partial charge in [0.15, 0.2) is 0 Å². The minimum absolute atomic E-state index is 0.106. The number of aliphatic hydroxyl groups is 2. The highest BCUT2D eigenvalue weighted by Crippen LogP contribution is 2.66. The number of rotatable bonds is 7. The summed E-state index contributed by atoms with van der Waals surface area (Å²) in [5, 5.41) is 24.5. The van der Waals surface area contributed by atoms with Gasteiger partial charge in [-0.15, -0.1) is 0 Å². The molecule has 5 aliphatic carbocycles. The van der Waals surface area contributed by atoms with Crippen LogP contribution in [0.5, 0.6) is 0 Å². The monoisotopic (exact) mass is 806 g/mol. The van der Waals surface area contributed by atoms with Gasteiger partial charge in [0.1, 0.15) is 12.1 Å². The molecule has 0 spiro atoms. The van der Waals surface area contributed by atoms with Crippen molar-refractivity contribution in [3.8, 4) is 0 Å². The van der Waals surface area contributed by atoms with E-state index in [4.69, 9.17) is 11.6 Å². The molecule has 58 heavy (non-hydrogen) atoms. The first-order valence-corrected chi connectivity index (χ1v) is 22.3. The lowest BCUT2D eigenvalue weighted by molar-refractivity contribution is -0.133. The smallest absolute Gasteiger partial charge is 0.231 e. The number of benzene rings is 1. The molecule has 2 aromatic heterocycles. The molecule has 10 heteroatoms. The van der Waals surface area contributed by atoms with Gasteiger partial charge in [0.05, 0.1) is 23.8 Å². The number of amides is 1. The maximum absolute atomic E-state index is 13.5. The van der Waals surface area contributed by atoms with Crippen LogP contribution >= 0.6 is 11.6 Å². The molecular formula is C48H63ClN6O3. The van der Waals surface area contributed by atoms with Crippen LogP contribution in [0, 0.1) is 28.6 Å². The van der Waals surface area contributed by atoms with Gasteiger partial charge in [0, 0.05) is 61.7 Å². The summed E-state index contributed by atoms with van der Waals surface area (Å²) < 4.78 is 0. The maximum atomic E-state index is 13.5. The number of hydrogen-bond donors (Lipinski definition) is 3. The highest BCUT2D eigenvalue weighted by Gasteiger charge is 2.56. The lowest BCUT2D eigenvalue weighted by Gasteiger charge is -2.57. The van der Waals surface area contributed by atoms with Gasteiger partial charge in [-0.3, -0.25) is 9.78 Å². The topological polar surface area (TPSA) is 115 Å². The number of nitrogens with zero attached hydrogens (tertiary/aromatic N) is 5. The van der Waals surface area contributed by atoms with E-state index in [-0.39, 0.29) is 23.8 Å². The largest absolute Gasteiger partial charge is 0.393 e. The van der Waals surface area contributed by atoms with E-state index < -0.39 is 6.10 Å². The minimum Gasteiger partial charge on any atom is -0.393 e. The van der Waals surface area contributed by atoms with Crippen LogP contribution in [0.4, 0.5) is 5.82 Å². The zero-order valence-electron chi connectivity index (χ0n) is 35.1. The summed E-state index contributed by atoms with van der Waals surface area (Å²) in [6.45, 7) is 14.6. The highest BCUT2D eigenvalue weighted by molar-refractivity contribution is 6.30. The summed E-state index contributed by atoms with van der Waals surface area (Å²) in [6.07, 6.45) is 18.7. The summed E-state index contributed by atoms with van der Waals surface area (Å²) >= 11 is 6.06. The van der Waals surface area contributed by atoms with E-state index in [9.17, 15) is 15.0 Å². The standard InChI is InChI=1S/C24H32ClN5O2.C24H31NO/c1-15(2)26-13-19(17-4-6-18(25)7-5-17)24(32)30-10-8-29(9-11-30)23-21-16(3)12-20(31)22(21)27-14-28-23;1-23-11-9-18(26)14-17(23)5-6-19-21-8-7-20(16-4-3-13-25-15-16)24(21,2)12-10-22(19)23/h4-7,14-16,19-20,26,31H,8-13H2,1-3H3;3-5,7,13,15,18-19,21-22,26H,6,8-12,14H2,1-2H3/t16-,19-,20-;18-,19-,21-,22-,23-,24+/m10/s1. The number of allylic oxidation sites excluding steroid dienone is 3. The van der Waals surface area contributed by atoms with Crippen LogP contribution in [0.2, 0.25) is 5.02 Å². The van der Waals surface area contributed by atoms with Crippen molar-refractivity contribution in [3.05, 3.63) is 100 Å². The molecule has 1 amide bonds. The van der Waals surface area contributed by atoms with Crippen LogP contribution in [0.25, 0.3) is 5.57 Å². The Labute approximate surface area is 350 Å². The average molecular weight is 808 g/mol. The van der Waals surface area contributed by atoms with Crippen molar-refractivity contribution in [1.29, 1.82) is 0 Å². The van der Waals surface area contributed by atoms with Gasteiger partial charge in [-0.1, -0.05) is 82.1 Å². The van der Waals surface area contributed by atoms with E-state index in [1.165, 1.54) is 37.7 Å². The maximum Gasteiger partial charge on any atom is 0.231 e. The molecule has 0 bridgehead atoms. The molecule has 3 fully saturated rings. The number of carbonyl (C=O) groups excluding carboxylic acids is 1. The van der Waals surface area contributed by atoms with Crippen molar-refractivity contribution in [2.24, 2.45) is 28.6 Å². The number of aliphatic hydroxyl groups excluding tert-OH is 2. The van der Waals surface area contributed by atoms with Crippen LogP contribution in [-0.2, 0) is 4.79 Å². The van der Waals surface area contributed by atoms with Gasteiger partial charge >= 0.3 is 0 Å². The zero-order chi connectivity index (χ0) is 40.8. The Morgan fingerprint density at radius 1 is 0.966 bits per heavy atom. The second kappa shape index (κ2) is 16.8. The summed E-state index contributed by atoms with van der Waals surface area (Å²) in [5.74, 6) is 3.38. The number of piperazine rings is 1. The van der Waals surface area contributed by atoms with Crippen molar-refractivity contribution < 1.29 is 15.0 Å². The number of aromatic nitrogens is 3. The number of halogens is 1. The molecule has 310 valence electrons. The molecule has 9 atom stereocenters. The van der Waals surface area contributed by atoms with Crippen LogP contribution in [0.15, 0.2) is 72.8 Å². The van der Waals surface area contributed by atoms with E-state index in [2.05, 4.69) is 84.1 Å². The normalized spacial score (nSPS) is 31.9. The number of fused-ring (bicyclic) bond motifs is 6. The molecule has 3 aromatic rings. The fourth-order valence-corrected chi connectivity index (χ4v) is 12.0. The number of hydrogen-bond acceptors (Lipinski definition) is 8. The summed E-state index contributed by atoms with van der Waals surface area (Å²) in [5.41, 5.74) is 7.87. The van der Waals surface area contributed by atoms with Crippen LogP contribution in [0.3, 0.4) is 0 Å². The lowest BCUT2D eigenvalue weighted by atomic mass is 9.47. The van der Waals surface area contributed by atoms with Gasteiger partial charge in [0.2, 0.25) is 5.91 Å². The van der Waals surface area contributed by atoms with E-state index in [0.29, 0.717) is 61.0 Å². The predicted molar refractivity (Wildman–Crippen MR) is 231 cm³/mol. The fourth-order valence-electron chi connectivity index (χ4n) is 11.9. The Hall–Kier alpha value is -3.63. The molecule has 9 nitrogen and oxygen atoms in total. The lowest BCUT2D eigenvalue weighted by Crippen LogP contribution is -2.51. The quantitative estimate of drug-likeness (QED) is 0.204. The molecule has 0 unspecified atom stereocenters. The van der Waals surface area contributed by atoms with Crippen LogP contribution < -0.4 is 10.2 Å². The molecule has 3 N–H and O–H groups in total. The molecule has 6 aliphatic rings. The third-order valence-electron chi connectivity index (χ3n) is 15.1. The van der Waals surface area contributed by atoms with E-state index >= 15 is 0 Å². The SMILES string of the molecule is CC(C)NC[C@@H](C(=O)N1CCN(c2ncnc3c2[C@H](C)C[C@H]3O)CC1)c1ccc(Cl)cc1.C[C@]12CC[C@H](O)CC1=CC[C@@H]1[C@@H]2CC[C@]2(C)C(c3cccnc3)=CC[C@@H]12. The number of carbonyl (C=O) groups is 1. The summed E-state index contributed by atoms with van der Waals surface area (Å²) in [7, 11) is 0. The Balaban J connectivity index is 0.000000165. The molecule has 1 aromatic carbocycles. The molecule has 0 radical (unpaired) electrons. The Morgan fingerprint density at radius 2 is 1.72 bits per heavy atom. The Kier molecular flexibility index (Phi) is 11.9. The van der Waals surface area contributed by atoms with Gasteiger partial charge in [-0.2, -0.15) is 0 Å². The molecule has 1 aliphatic heterocycles. The average Bonchev–Trinajstić information content (AvgIpc) is 3.74. The fraction of sp³-hybridized carbons (Fsp3) is 0.583.